The van der Waals surface area contributed by atoms with Gasteiger partial charge in [-0.25, -0.2) is 12.7 Å². The molecule has 0 fully saturated rings. The molecular formula is C14H22N2O3S. The van der Waals surface area contributed by atoms with Crippen LogP contribution in [0.2, 0.25) is 0 Å². The van der Waals surface area contributed by atoms with Crippen molar-refractivity contribution >= 4 is 21.6 Å². The van der Waals surface area contributed by atoms with E-state index < -0.39 is 10.0 Å². The molecule has 0 aliphatic heterocycles. The Morgan fingerprint density at radius 2 is 1.80 bits per heavy atom. The van der Waals surface area contributed by atoms with Gasteiger partial charge in [0, 0.05) is 25.7 Å². The van der Waals surface area contributed by atoms with Gasteiger partial charge in [-0.15, -0.1) is 0 Å². The van der Waals surface area contributed by atoms with Crippen molar-refractivity contribution < 1.29 is 13.2 Å². The molecule has 0 saturated heterocycles. The second kappa shape index (κ2) is 7.40. The lowest BCUT2D eigenvalue weighted by Gasteiger charge is -2.17. The highest BCUT2D eigenvalue weighted by Crippen LogP contribution is 2.18. The largest absolute Gasteiger partial charge is 0.326 e. The minimum absolute atomic E-state index is 0.0966. The van der Waals surface area contributed by atoms with E-state index >= 15 is 0 Å². The Balaban J connectivity index is 2.84. The fourth-order valence-corrected chi connectivity index (χ4v) is 2.85. The number of nitrogens with one attached hydrogen (secondary N) is 1. The van der Waals surface area contributed by atoms with E-state index in [-0.39, 0.29) is 10.8 Å². The van der Waals surface area contributed by atoms with E-state index in [1.54, 1.807) is 26.1 Å². The zero-order valence-electron chi connectivity index (χ0n) is 12.2. The lowest BCUT2D eigenvalue weighted by molar-refractivity contribution is -0.115. The Labute approximate surface area is 121 Å². The molecule has 1 rings (SSSR count). The number of anilines is 1. The van der Waals surface area contributed by atoms with E-state index in [0.717, 1.165) is 12.8 Å². The first kappa shape index (κ1) is 16.7. The Hall–Kier alpha value is -1.40. The van der Waals surface area contributed by atoms with Gasteiger partial charge in [-0.1, -0.05) is 20.3 Å². The van der Waals surface area contributed by atoms with E-state index in [1.807, 2.05) is 6.92 Å². The van der Waals surface area contributed by atoms with E-state index in [9.17, 15) is 13.2 Å². The molecule has 1 N–H and O–H groups in total. The molecule has 0 heterocycles. The maximum atomic E-state index is 12.3. The molecule has 0 atom stereocenters. The smallest absolute Gasteiger partial charge is 0.242 e. The van der Waals surface area contributed by atoms with E-state index in [1.165, 1.54) is 16.4 Å². The quantitative estimate of drug-likeness (QED) is 0.841. The van der Waals surface area contributed by atoms with Crippen LogP contribution in [0.5, 0.6) is 0 Å². The van der Waals surface area contributed by atoms with Crippen molar-refractivity contribution in [3.63, 3.8) is 0 Å². The van der Waals surface area contributed by atoms with Gasteiger partial charge in [-0.05, 0) is 30.7 Å². The zero-order valence-corrected chi connectivity index (χ0v) is 13.0. The summed E-state index contributed by atoms with van der Waals surface area (Å²) in [4.78, 5) is 11.5. The van der Waals surface area contributed by atoms with Crippen LogP contribution in [0, 0.1) is 0 Å². The van der Waals surface area contributed by atoms with Crippen molar-refractivity contribution in [3.05, 3.63) is 24.3 Å². The summed E-state index contributed by atoms with van der Waals surface area (Å²) in [5.74, 6) is -0.0966. The molecule has 20 heavy (non-hydrogen) atoms. The van der Waals surface area contributed by atoms with Crippen molar-refractivity contribution in [2.24, 2.45) is 0 Å². The molecule has 1 amide bonds. The fraction of sp³-hybridized carbons (Fsp3) is 0.500. The molecule has 0 aliphatic carbocycles. The minimum atomic E-state index is -3.44. The molecular weight excluding hydrogens is 276 g/mol. The number of carbonyl (C=O) groups is 1. The van der Waals surface area contributed by atoms with Gasteiger partial charge in [-0.3, -0.25) is 4.79 Å². The maximum absolute atomic E-state index is 12.3. The highest BCUT2D eigenvalue weighted by atomic mass is 32.2. The minimum Gasteiger partial charge on any atom is -0.326 e. The molecule has 0 radical (unpaired) electrons. The highest BCUT2D eigenvalue weighted by Gasteiger charge is 2.19. The molecule has 0 bridgehead atoms. The Morgan fingerprint density at radius 3 is 2.30 bits per heavy atom. The average Bonchev–Trinajstić information content (AvgIpc) is 2.45. The summed E-state index contributed by atoms with van der Waals surface area (Å²) in [5, 5.41) is 2.69. The van der Waals surface area contributed by atoms with Crippen molar-refractivity contribution in [1.29, 1.82) is 0 Å². The molecule has 1 aromatic carbocycles. The average molecular weight is 298 g/mol. The van der Waals surface area contributed by atoms with Crippen LogP contribution < -0.4 is 5.32 Å². The number of hydrogen-bond acceptors (Lipinski definition) is 3. The van der Waals surface area contributed by atoms with Crippen LogP contribution in [0.1, 0.15) is 33.1 Å². The van der Waals surface area contributed by atoms with Gasteiger partial charge in [-0.2, -0.15) is 0 Å². The number of carbonyl (C=O) groups excluding carboxylic acids is 1. The molecule has 0 unspecified atom stereocenters. The molecule has 0 spiro atoms. The third kappa shape index (κ3) is 4.31. The second-order valence-corrected chi connectivity index (χ2v) is 6.65. The first-order valence-electron chi connectivity index (χ1n) is 6.78. The van der Waals surface area contributed by atoms with Crippen molar-refractivity contribution in [3.8, 4) is 0 Å². The van der Waals surface area contributed by atoms with E-state index in [0.29, 0.717) is 18.7 Å². The molecule has 1 aromatic rings. The molecule has 112 valence electrons. The van der Waals surface area contributed by atoms with Crippen LogP contribution >= 0.6 is 0 Å². The maximum Gasteiger partial charge on any atom is 0.242 e. The van der Waals surface area contributed by atoms with Crippen molar-refractivity contribution in [2.75, 3.05) is 18.9 Å². The van der Waals surface area contributed by atoms with Crippen LogP contribution in [0.3, 0.4) is 0 Å². The molecule has 0 saturated carbocycles. The van der Waals surface area contributed by atoms with Crippen LogP contribution in [0.15, 0.2) is 29.2 Å². The van der Waals surface area contributed by atoms with E-state index in [4.69, 9.17) is 0 Å². The monoisotopic (exact) mass is 298 g/mol. The van der Waals surface area contributed by atoms with Crippen LogP contribution in [-0.4, -0.2) is 32.2 Å². The third-order valence-electron chi connectivity index (χ3n) is 2.99. The molecule has 5 nitrogen and oxygen atoms in total. The predicted octanol–water partition coefficient (Wildman–Crippen LogP) is 2.46. The van der Waals surface area contributed by atoms with Gasteiger partial charge in [0.05, 0.1) is 4.90 Å². The van der Waals surface area contributed by atoms with Gasteiger partial charge in [0.15, 0.2) is 0 Å². The number of unbranched alkanes of at least 4 members (excludes halogenated alkanes) is 1. The van der Waals surface area contributed by atoms with Gasteiger partial charge >= 0.3 is 0 Å². The van der Waals surface area contributed by atoms with Gasteiger partial charge in [0.1, 0.15) is 0 Å². The topological polar surface area (TPSA) is 66.5 Å². The van der Waals surface area contributed by atoms with E-state index in [2.05, 4.69) is 5.32 Å². The van der Waals surface area contributed by atoms with Gasteiger partial charge < -0.3 is 5.32 Å². The number of nitrogens with zero attached hydrogens (tertiary/aromatic N) is 1. The highest BCUT2D eigenvalue weighted by molar-refractivity contribution is 7.89. The summed E-state index contributed by atoms with van der Waals surface area (Å²) < 4.78 is 25.9. The van der Waals surface area contributed by atoms with Crippen LogP contribution in [-0.2, 0) is 14.8 Å². The predicted molar refractivity (Wildman–Crippen MR) is 80.1 cm³/mol. The SMILES string of the molecule is CCCCN(C)S(=O)(=O)c1ccc(NC(=O)CC)cc1. The molecule has 6 heteroatoms. The molecule has 0 aliphatic rings. The third-order valence-corrected chi connectivity index (χ3v) is 4.87. The first-order chi connectivity index (χ1) is 9.41. The number of benzene rings is 1. The number of sulfonamides is 1. The van der Waals surface area contributed by atoms with Crippen LogP contribution in [0.4, 0.5) is 5.69 Å². The number of rotatable bonds is 7. The summed E-state index contributed by atoms with van der Waals surface area (Å²) in [7, 11) is -1.86. The molecule has 0 aromatic heterocycles. The first-order valence-corrected chi connectivity index (χ1v) is 8.22. The Bertz CT molecular complexity index is 538. The summed E-state index contributed by atoms with van der Waals surface area (Å²) >= 11 is 0. The lowest BCUT2D eigenvalue weighted by atomic mass is 10.3. The van der Waals surface area contributed by atoms with Gasteiger partial charge in [0.2, 0.25) is 15.9 Å². The fourth-order valence-electron chi connectivity index (χ4n) is 1.64. The summed E-state index contributed by atoms with van der Waals surface area (Å²) in [6.07, 6.45) is 2.17. The lowest BCUT2D eigenvalue weighted by Crippen LogP contribution is -2.27. The Kier molecular flexibility index (Phi) is 6.16. The van der Waals surface area contributed by atoms with Crippen molar-refractivity contribution in [1.82, 2.24) is 4.31 Å². The zero-order chi connectivity index (χ0) is 15.2. The number of amides is 1. The van der Waals surface area contributed by atoms with Crippen LogP contribution in [0.25, 0.3) is 0 Å². The van der Waals surface area contributed by atoms with Gasteiger partial charge in [0.25, 0.3) is 0 Å². The Morgan fingerprint density at radius 1 is 1.20 bits per heavy atom. The summed E-state index contributed by atoms with van der Waals surface area (Å²) in [6.45, 7) is 4.29. The van der Waals surface area contributed by atoms with Crippen molar-refractivity contribution in [2.45, 2.75) is 38.0 Å². The normalized spacial score (nSPS) is 11.6. The standard InChI is InChI=1S/C14H22N2O3S/c1-4-6-11-16(3)20(18,19)13-9-7-12(8-10-13)15-14(17)5-2/h7-10H,4-6,11H2,1-3H3,(H,15,17). The number of hydrogen-bond donors (Lipinski definition) is 1. The summed E-state index contributed by atoms with van der Waals surface area (Å²) in [6, 6.07) is 6.24. The summed E-state index contributed by atoms with van der Waals surface area (Å²) in [5.41, 5.74) is 0.604. The second-order valence-electron chi connectivity index (χ2n) is 4.61.